The molecule has 1 aliphatic carbocycles. The number of ether oxygens (including phenoxy) is 1. The minimum absolute atomic E-state index is 0.0889. The van der Waals surface area contributed by atoms with E-state index >= 15 is 0 Å². The first-order valence-corrected chi connectivity index (χ1v) is 5.62. The summed E-state index contributed by atoms with van der Waals surface area (Å²) in [5, 5.41) is 0. The second kappa shape index (κ2) is 3.97. The van der Waals surface area contributed by atoms with Gasteiger partial charge in [0, 0.05) is 14.2 Å². The standard InChI is InChI=1S/C11H19N3O2/c1-7(8-4-5-8)14-11(15)10(12)9(6-16-3)13(14)2/h7-8H,4-6,12H2,1-3H3. The Morgan fingerprint density at radius 2 is 2.19 bits per heavy atom. The molecule has 0 spiro atoms. The number of hydrogen-bond donors (Lipinski definition) is 1. The van der Waals surface area contributed by atoms with Crippen LogP contribution in [-0.4, -0.2) is 16.5 Å². The molecule has 2 N–H and O–H groups in total. The molecule has 5 nitrogen and oxygen atoms in total. The van der Waals surface area contributed by atoms with Crippen LogP contribution in [0.4, 0.5) is 5.69 Å². The molecule has 2 rings (SSSR count). The molecule has 0 aliphatic heterocycles. The highest BCUT2D eigenvalue weighted by atomic mass is 16.5. The van der Waals surface area contributed by atoms with Crippen LogP contribution in [0.25, 0.3) is 0 Å². The fourth-order valence-corrected chi connectivity index (χ4v) is 2.23. The maximum absolute atomic E-state index is 12.0. The van der Waals surface area contributed by atoms with Gasteiger partial charge in [0.1, 0.15) is 5.69 Å². The molecule has 16 heavy (non-hydrogen) atoms. The topological polar surface area (TPSA) is 62.2 Å². The second-order valence-electron chi connectivity index (χ2n) is 4.54. The third-order valence-corrected chi connectivity index (χ3v) is 3.43. The smallest absolute Gasteiger partial charge is 0.290 e. The Bertz CT molecular complexity index is 443. The molecule has 1 unspecified atom stereocenters. The van der Waals surface area contributed by atoms with E-state index in [2.05, 4.69) is 6.92 Å². The number of nitrogens with two attached hydrogens (primary N) is 1. The zero-order chi connectivity index (χ0) is 11.9. The first-order valence-electron chi connectivity index (χ1n) is 5.62. The lowest BCUT2D eigenvalue weighted by atomic mass is 10.2. The Labute approximate surface area is 94.8 Å². The monoisotopic (exact) mass is 225 g/mol. The number of anilines is 1. The van der Waals surface area contributed by atoms with Gasteiger partial charge in [-0.05, 0) is 25.7 Å². The minimum Gasteiger partial charge on any atom is -0.393 e. The lowest BCUT2D eigenvalue weighted by molar-refractivity contribution is 0.175. The fraction of sp³-hybridized carbons (Fsp3) is 0.727. The lowest BCUT2D eigenvalue weighted by Crippen LogP contribution is -2.27. The molecule has 1 heterocycles. The average molecular weight is 225 g/mol. The van der Waals surface area contributed by atoms with E-state index in [1.54, 1.807) is 11.8 Å². The van der Waals surface area contributed by atoms with E-state index in [4.69, 9.17) is 10.5 Å². The highest BCUT2D eigenvalue weighted by Gasteiger charge is 2.32. The van der Waals surface area contributed by atoms with Crippen LogP contribution in [0, 0.1) is 5.92 Å². The van der Waals surface area contributed by atoms with E-state index in [0.29, 0.717) is 18.2 Å². The van der Waals surface area contributed by atoms with Crippen LogP contribution in [0.5, 0.6) is 0 Å². The fourth-order valence-electron chi connectivity index (χ4n) is 2.23. The molecular weight excluding hydrogens is 206 g/mol. The molecule has 1 fully saturated rings. The SMILES string of the molecule is COCc1c(N)c(=O)n(C(C)C2CC2)n1C. The Hall–Kier alpha value is -1.23. The third kappa shape index (κ3) is 1.65. The predicted molar refractivity (Wildman–Crippen MR) is 62.2 cm³/mol. The quantitative estimate of drug-likeness (QED) is 0.827. The van der Waals surface area contributed by atoms with Crippen molar-refractivity contribution in [1.82, 2.24) is 9.36 Å². The number of nitrogens with zero attached hydrogens (tertiary/aromatic N) is 2. The minimum atomic E-state index is -0.0889. The van der Waals surface area contributed by atoms with Crippen molar-refractivity contribution >= 4 is 5.69 Å². The average Bonchev–Trinajstić information content (AvgIpc) is 3.05. The molecule has 5 heteroatoms. The lowest BCUT2D eigenvalue weighted by Gasteiger charge is -2.16. The molecule has 0 aromatic carbocycles. The van der Waals surface area contributed by atoms with Gasteiger partial charge in [0.05, 0.1) is 18.3 Å². The van der Waals surface area contributed by atoms with Gasteiger partial charge in [-0.3, -0.25) is 9.48 Å². The molecule has 1 atom stereocenters. The molecule has 0 amide bonds. The van der Waals surface area contributed by atoms with Crippen molar-refractivity contribution in [3.63, 3.8) is 0 Å². The summed E-state index contributed by atoms with van der Waals surface area (Å²) in [6, 6.07) is 0.227. The Balaban J connectivity index is 2.44. The predicted octanol–water partition coefficient (Wildman–Crippen LogP) is 0.886. The number of aromatic nitrogens is 2. The summed E-state index contributed by atoms with van der Waals surface area (Å²) >= 11 is 0. The first kappa shape index (κ1) is 11.3. The van der Waals surface area contributed by atoms with Gasteiger partial charge in [-0.2, -0.15) is 0 Å². The van der Waals surface area contributed by atoms with Gasteiger partial charge in [-0.25, -0.2) is 4.68 Å². The van der Waals surface area contributed by atoms with Crippen LogP contribution < -0.4 is 11.3 Å². The van der Waals surface area contributed by atoms with E-state index in [0.717, 1.165) is 5.69 Å². The van der Waals surface area contributed by atoms with Gasteiger partial charge >= 0.3 is 0 Å². The zero-order valence-corrected chi connectivity index (χ0v) is 10.1. The van der Waals surface area contributed by atoms with Crippen LogP contribution in [0.15, 0.2) is 4.79 Å². The van der Waals surface area contributed by atoms with Crippen LogP contribution in [0.2, 0.25) is 0 Å². The second-order valence-corrected chi connectivity index (χ2v) is 4.54. The van der Waals surface area contributed by atoms with E-state index in [-0.39, 0.29) is 11.6 Å². The molecule has 0 radical (unpaired) electrons. The van der Waals surface area contributed by atoms with Crippen LogP contribution in [0.3, 0.4) is 0 Å². The Morgan fingerprint density at radius 1 is 1.56 bits per heavy atom. The normalized spacial score (nSPS) is 17.7. The number of nitrogen functional groups attached to an aromatic ring is 1. The molecule has 90 valence electrons. The van der Waals surface area contributed by atoms with Gasteiger partial charge < -0.3 is 10.5 Å². The summed E-state index contributed by atoms with van der Waals surface area (Å²) in [6.45, 7) is 2.46. The van der Waals surface area contributed by atoms with Crippen molar-refractivity contribution in [3.05, 3.63) is 16.0 Å². The van der Waals surface area contributed by atoms with Gasteiger partial charge in [0.2, 0.25) is 0 Å². The molecule has 1 aromatic rings. The van der Waals surface area contributed by atoms with E-state index in [1.807, 2.05) is 11.7 Å². The molecule has 0 bridgehead atoms. The van der Waals surface area contributed by atoms with Crippen molar-refractivity contribution in [3.8, 4) is 0 Å². The largest absolute Gasteiger partial charge is 0.393 e. The molecule has 1 aromatic heterocycles. The first-order chi connectivity index (χ1) is 7.57. The molecule has 0 saturated heterocycles. The summed E-state index contributed by atoms with van der Waals surface area (Å²) in [4.78, 5) is 12.0. The van der Waals surface area contributed by atoms with Crippen LogP contribution >= 0.6 is 0 Å². The molecule has 1 aliphatic rings. The van der Waals surface area contributed by atoms with Crippen LogP contribution in [-0.2, 0) is 18.4 Å². The zero-order valence-electron chi connectivity index (χ0n) is 10.1. The summed E-state index contributed by atoms with van der Waals surface area (Å²) in [7, 11) is 3.47. The molecular formula is C11H19N3O2. The summed E-state index contributed by atoms with van der Waals surface area (Å²) < 4.78 is 8.65. The summed E-state index contributed by atoms with van der Waals surface area (Å²) in [5.41, 5.74) is 6.81. The van der Waals surface area contributed by atoms with Crippen molar-refractivity contribution in [2.75, 3.05) is 12.8 Å². The maximum Gasteiger partial charge on any atom is 0.290 e. The summed E-state index contributed by atoms with van der Waals surface area (Å²) in [5.74, 6) is 0.626. The van der Waals surface area contributed by atoms with Crippen molar-refractivity contribution < 1.29 is 4.74 Å². The van der Waals surface area contributed by atoms with Crippen LogP contribution in [0.1, 0.15) is 31.5 Å². The van der Waals surface area contributed by atoms with E-state index in [1.165, 1.54) is 12.8 Å². The number of rotatable bonds is 4. The van der Waals surface area contributed by atoms with Gasteiger partial charge in [0.15, 0.2) is 0 Å². The van der Waals surface area contributed by atoms with E-state index < -0.39 is 0 Å². The molecule has 1 saturated carbocycles. The van der Waals surface area contributed by atoms with Gasteiger partial charge in [-0.15, -0.1) is 0 Å². The Morgan fingerprint density at radius 3 is 2.69 bits per heavy atom. The van der Waals surface area contributed by atoms with Crippen molar-refractivity contribution in [2.45, 2.75) is 32.4 Å². The van der Waals surface area contributed by atoms with Gasteiger partial charge in [0.25, 0.3) is 5.56 Å². The van der Waals surface area contributed by atoms with Crippen molar-refractivity contribution in [2.24, 2.45) is 13.0 Å². The maximum atomic E-state index is 12.0. The van der Waals surface area contributed by atoms with Gasteiger partial charge in [-0.1, -0.05) is 0 Å². The van der Waals surface area contributed by atoms with Crippen molar-refractivity contribution in [1.29, 1.82) is 0 Å². The number of methoxy groups -OCH3 is 1. The highest BCUT2D eigenvalue weighted by molar-refractivity contribution is 5.41. The number of hydrogen-bond acceptors (Lipinski definition) is 3. The summed E-state index contributed by atoms with van der Waals surface area (Å²) in [6.07, 6.45) is 2.41. The third-order valence-electron chi connectivity index (χ3n) is 3.43. The van der Waals surface area contributed by atoms with E-state index in [9.17, 15) is 4.79 Å². The highest BCUT2D eigenvalue weighted by Crippen LogP contribution is 2.39. The Kier molecular flexibility index (Phi) is 2.80.